The van der Waals surface area contributed by atoms with Crippen molar-refractivity contribution in [3.05, 3.63) is 53.6 Å². The van der Waals surface area contributed by atoms with Crippen LogP contribution in [0.5, 0.6) is 17.2 Å². The van der Waals surface area contributed by atoms with Crippen molar-refractivity contribution in [1.82, 2.24) is 0 Å². The first-order valence-corrected chi connectivity index (χ1v) is 6.95. The maximum absolute atomic E-state index is 10.8. The number of hydrogen-bond donors (Lipinski definition) is 3. The number of phenolic OH excluding ortho intramolecular Hbond substituents is 2. The van der Waals surface area contributed by atoms with E-state index >= 15 is 0 Å². The van der Waals surface area contributed by atoms with E-state index in [0.29, 0.717) is 11.3 Å². The van der Waals surface area contributed by atoms with Crippen LogP contribution in [0.15, 0.2) is 42.5 Å². The maximum atomic E-state index is 10.8. The number of hydrogen-bond acceptors (Lipinski definition) is 5. The summed E-state index contributed by atoms with van der Waals surface area (Å²) in [6.07, 6.45) is 3.59. The van der Waals surface area contributed by atoms with E-state index in [1.165, 1.54) is 13.0 Å². The van der Waals surface area contributed by atoms with Gasteiger partial charge in [0.1, 0.15) is 17.2 Å². The Bertz CT molecular complexity index is 707. The molecule has 126 valence electrons. The number of carboxylic acid groups (broad SMARTS) is 1. The van der Waals surface area contributed by atoms with Crippen molar-refractivity contribution in [3.63, 3.8) is 0 Å². The maximum Gasteiger partial charge on any atom is 0.308 e. The van der Waals surface area contributed by atoms with Gasteiger partial charge >= 0.3 is 5.97 Å². The molecule has 0 amide bonds. The molecule has 0 aliphatic heterocycles. The van der Waals surface area contributed by atoms with Crippen LogP contribution in [-0.4, -0.2) is 27.3 Å². The van der Waals surface area contributed by atoms with Gasteiger partial charge in [-0.2, -0.15) is 0 Å². The number of carbonyl (C=O) groups is 2. The van der Waals surface area contributed by atoms with E-state index in [-0.39, 0.29) is 17.5 Å². The predicted octanol–water partition coefficient (Wildman–Crippen LogP) is 3.28. The minimum absolute atomic E-state index is 0.00913. The second-order valence-corrected chi connectivity index (χ2v) is 4.80. The standard InChI is InChI=1S/C16H14O4.C2H4O2/c1-11(17)20-16-6-4-12(5-7-16)2-3-13-8-14(18)10-15(19)9-13;1-2(3)4/h2-10,18-19H,1H3;1H3,(H,3,4)/b3-2+;. The summed E-state index contributed by atoms with van der Waals surface area (Å²) in [6, 6.07) is 11.4. The number of aliphatic carboxylic acids is 1. The monoisotopic (exact) mass is 330 g/mol. The molecule has 24 heavy (non-hydrogen) atoms. The van der Waals surface area contributed by atoms with Crippen LogP contribution in [0.3, 0.4) is 0 Å². The lowest BCUT2D eigenvalue weighted by atomic mass is 10.1. The molecule has 6 heteroatoms. The second kappa shape index (κ2) is 8.99. The van der Waals surface area contributed by atoms with Gasteiger partial charge in [-0.15, -0.1) is 0 Å². The lowest BCUT2D eigenvalue weighted by molar-refractivity contribution is -0.134. The van der Waals surface area contributed by atoms with Crippen LogP contribution < -0.4 is 4.74 Å². The number of carbonyl (C=O) groups excluding carboxylic acids is 1. The number of aromatic hydroxyl groups is 2. The number of esters is 1. The summed E-state index contributed by atoms with van der Waals surface area (Å²) >= 11 is 0. The molecular weight excluding hydrogens is 312 g/mol. The van der Waals surface area contributed by atoms with Crippen LogP contribution in [0.2, 0.25) is 0 Å². The van der Waals surface area contributed by atoms with Gasteiger partial charge in [0, 0.05) is 19.9 Å². The molecule has 0 saturated carbocycles. The van der Waals surface area contributed by atoms with Crippen molar-refractivity contribution in [3.8, 4) is 17.2 Å². The van der Waals surface area contributed by atoms with Crippen molar-refractivity contribution >= 4 is 24.1 Å². The molecule has 0 bridgehead atoms. The smallest absolute Gasteiger partial charge is 0.308 e. The third-order valence-corrected chi connectivity index (χ3v) is 2.53. The molecule has 0 aromatic heterocycles. The number of phenols is 2. The third kappa shape index (κ3) is 7.65. The molecule has 0 aliphatic rings. The Morgan fingerprint density at radius 3 is 1.79 bits per heavy atom. The van der Waals surface area contributed by atoms with Crippen LogP contribution in [0.25, 0.3) is 12.2 Å². The fraction of sp³-hybridized carbons (Fsp3) is 0.111. The van der Waals surface area contributed by atoms with Gasteiger partial charge in [0.15, 0.2) is 0 Å². The topological polar surface area (TPSA) is 104 Å². The summed E-state index contributed by atoms with van der Waals surface area (Å²) in [5.41, 5.74) is 1.59. The highest BCUT2D eigenvalue weighted by Gasteiger charge is 1.98. The fourth-order valence-corrected chi connectivity index (χ4v) is 1.72. The summed E-state index contributed by atoms with van der Waals surface area (Å²) in [7, 11) is 0. The molecule has 0 atom stereocenters. The first kappa shape index (κ1) is 18.8. The summed E-state index contributed by atoms with van der Waals surface area (Å²) in [5.74, 6) is -0.683. The summed E-state index contributed by atoms with van der Waals surface area (Å²) in [6.45, 7) is 2.43. The van der Waals surface area contributed by atoms with Gasteiger partial charge in [0.05, 0.1) is 0 Å². The molecule has 0 aliphatic carbocycles. The summed E-state index contributed by atoms with van der Waals surface area (Å²) in [4.78, 5) is 19.8. The van der Waals surface area contributed by atoms with Gasteiger partial charge in [-0.25, -0.2) is 0 Å². The molecule has 0 heterocycles. The van der Waals surface area contributed by atoms with Crippen LogP contribution >= 0.6 is 0 Å². The van der Waals surface area contributed by atoms with Crippen LogP contribution in [0, 0.1) is 0 Å². The summed E-state index contributed by atoms with van der Waals surface area (Å²) < 4.78 is 4.93. The zero-order valence-electron chi connectivity index (χ0n) is 13.3. The minimum Gasteiger partial charge on any atom is -0.508 e. The lowest BCUT2D eigenvalue weighted by Gasteiger charge is -2.01. The molecule has 2 aromatic rings. The van der Waals surface area contributed by atoms with Gasteiger partial charge in [-0.05, 0) is 35.4 Å². The fourth-order valence-electron chi connectivity index (χ4n) is 1.72. The lowest BCUT2D eigenvalue weighted by Crippen LogP contribution is -2.00. The van der Waals surface area contributed by atoms with E-state index in [1.54, 1.807) is 42.5 Å². The van der Waals surface area contributed by atoms with Crippen molar-refractivity contribution in [1.29, 1.82) is 0 Å². The van der Waals surface area contributed by atoms with Gasteiger partial charge in [0.2, 0.25) is 0 Å². The van der Waals surface area contributed by atoms with Gasteiger partial charge in [0.25, 0.3) is 5.97 Å². The highest BCUT2D eigenvalue weighted by atomic mass is 16.5. The van der Waals surface area contributed by atoms with Crippen LogP contribution in [0.4, 0.5) is 0 Å². The van der Waals surface area contributed by atoms with Crippen LogP contribution in [-0.2, 0) is 9.59 Å². The Kier molecular flexibility index (Phi) is 7.03. The zero-order chi connectivity index (χ0) is 18.1. The van der Waals surface area contributed by atoms with Gasteiger partial charge in [-0.3, -0.25) is 9.59 Å². The van der Waals surface area contributed by atoms with Gasteiger partial charge < -0.3 is 20.1 Å². The van der Waals surface area contributed by atoms with Gasteiger partial charge in [-0.1, -0.05) is 24.3 Å². The van der Waals surface area contributed by atoms with E-state index in [9.17, 15) is 15.0 Å². The zero-order valence-corrected chi connectivity index (χ0v) is 13.3. The molecule has 2 aromatic carbocycles. The average Bonchev–Trinajstić information content (AvgIpc) is 2.44. The highest BCUT2D eigenvalue weighted by Crippen LogP contribution is 2.22. The average molecular weight is 330 g/mol. The SMILES string of the molecule is CC(=O)O.CC(=O)Oc1ccc(/C=C/c2cc(O)cc(O)c2)cc1. The number of rotatable bonds is 3. The predicted molar refractivity (Wildman–Crippen MR) is 89.8 cm³/mol. The molecule has 2 rings (SSSR count). The largest absolute Gasteiger partial charge is 0.508 e. The minimum atomic E-state index is -0.833. The third-order valence-electron chi connectivity index (χ3n) is 2.53. The van der Waals surface area contributed by atoms with E-state index in [4.69, 9.17) is 14.6 Å². The molecule has 0 fully saturated rings. The molecule has 0 spiro atoms. The Hall–Kier alpha value is -3.28. The van der Waals surface area contributed by atoms with Crippen molar-refractivity contribution in [2.75, 3.05) is 0 Å². The van der Waals surface area contributed by atoms with Crippen molar-refractivity contribution in [2.24, 2.45) is 0 Å². The van der Waals surface area contributed by atoms with E-state index in [1.807, 2.05) is 6.08 Å². The van der Waals surface area contributed by atoms with E-state index in [0.717, 1.165) is 12.5 Å². The van der Waals surface area contributed by atoms with Crippen LogP contribution in [0.1, 0.15) is 25.0 Å². The number of benzene rings is 2. The summed E-state index contributed by atoms with van der Waals surface area (Å²) in [5, 5.41) is 26.2. The molecular formula is C18H18O6. The molecule has 0 unspecified atom stereocenters. The number of carboxylic acids is 1. The molecule has 0 saturated heterocycles. The molecule has 3 N–H and O–H groups in total. The Labute approximate surface area is 139 Å². The van der Waals surface area contributed by atoms with Crippen molar-refractivity contribution in [2.45, 2.75) is 13.8 Å². The number of ether oxygens (including phenoxy) is 1. The Morgan fingerprint density at radius 1 is 0.875 bits per heavy atom. The highest BCUT2D eigenvalue weighted by molar-refractivity contribution is 5.72. The first-order valence-electron chi connectivity index (χ1n) is 6.95. The Balaban J connectivity index is 0.000000648. The molecule has 6 nitrogen and oxygen atoms in total. The van der Waals surface area contributed by atoms with Crippen molar-refractivity contribution < 1.29 is 29.6 Å². The van der Waals surface area contributed by atoms with E-state index in [2.05, 4.69) is 0 Å². The normalized spacial score (nSPS) is 9.92. The first-order chi connectivity index (χ1) is 11.3. The Morgan fingerprint density at radius 2 is 1.33 bits per heavy atom. The quantitative estimate of drug-likeness (QED) is 0.453. The second-order valence-electron chi connectivity index (χ2n) is 4.80. The van der Waals surface area contributed by atoms with E-state index < -0.39 is 5.97 Å². The molecule has 0 radical (unpaired) electrons.